The van der Waals surface area contributed by atoms with Gasteiger partial charge in [-0.15, -0.1) is 0 Å². The van der Waals surface area contributed by atoms with Crippen LogP contribution in [0, 0.1) is 0 Å². The summed E-state index contributed by atoms with van der Waals surface area (Å²) in [6.07, 6.45) is 0. The summed E-state index contributed by atoms with van der Waals surface area (Å²) >= 11 is 0. The molecule has 3 amide bonds. The standard InChI is InChI=1S/C22H22N2O5/c1-22(2,3)14-7-5-13(6-8-14)21(28)29-12-18(25)23-15-9-10-16-17(11-15)20(27)24(4)19(16)26/h5-11H,12H2,1-4H3,(H,23,25). The van der Waals surface area contributed by atoms with E-state index in [1.165, 1.54) is 25.2 Å². The lowest BCUT2D eigenvalue weighted by molar-refractivity contribution is -0.119. The van der Waals surface area contributed by atoms with Crippen molar-refractivity contribution < 1.29 is 23.9 Å². The van der Waals surface area contributed by atoms with E-state index >= 15 is 0 Å². The normalized spacial score (nSPS) is 13.3. The fourth-order valence-electron chi connectivity index (χ4n) is 2.96. The first-order valence-corrected chi connectivity index (χ1v) is 9.12. The molecule has 0 fully saturated rings. The quantitative estimate of drug-likeness (QED) is 0.636. The highest BCUT2D eigenvalue weighted by atomic mass is 16.5. The van der Waals surface area contributed by atoms with Gasteiger partial charge < -0.3 is 10.1 Å². The number of amides is 3. The molecule has 150 valence electrons. The number of imide groups is 1. The van der Waals surface area contributed by atoms with Gasteiger partial charge in [-0.25, -0.2) is 4.79 Å². The minimum Gasteiger partial charge on any atom is -0.452 e. The molecule has 1 aliphatic heterocycles. The van der Waals surface area contributed by atoms with Crippen LogP contribution in [0.15, 0.2) is 42.5 Å². The predicted octanol–water partition coefficient (Wildman–Crippen LogP) is 3.01. The molecule has 7 heteroatoms. The minimum absolute atomic E-state index is 0.0288. The summed E-state index contributed by atoms with van der Waals surface area (Å²) in [5, 5.41) is 2.56. The maximum atomic E-state index is 12.1. The van der Waals surface area contributed by atoms with Crippen molar-refractivity contribution in [3.05, 3.63) is 64.7 Å². The van der Waals surface area contributed by atoms with Crippen molar-refractivity contribution in [2.75, 3.05) is 19.0 Å². The van der Waals surface area contributed by atoms with Gasteiger partial charge in [0, 0.05) is 12.7 Å². The highest BCUT2D eigenvalue weighted by molar-refractivity contribution is 6.21. The molecule has 0 unspecified atom stereocenters. The third kappa shape index (κ3) is 4.18. The lowest BCUT2D eigenvalue weighted by Gasteiger charge is -2.18. The van der Waals surface area contributed by atoms with Crippen LogP contribution < -0.4 is 5.32 Å². The van der Waals surface area contributed by atoms with E-state index in [4.69, 9.17) is 4.74 Å². The van der Waals surface area contributed by atoms with Crippen molar-refractivity contribution in [3.63, 3.8) is 0 Å². The van der Waals surface area contributed by atoms with Crippen molar-refractivity contribution >= 4 is 29.4 Å². The van der Waals surface area contributed by atoms with Crippen molar-refractivity contribution in [1.29, 1.82) is 0 Å². The van der Waals surface area contributed by atoms with Crippen molar-refractivity contribution in [3.8, 4) is 0 Å². The average molecular weight is 394 g/mol. The summed E-state index contributed by atoms with van der Waals surface area (Å²) in [5.74, 6) is -1.95. The van der Waals surface area contributed by atoms with Crippen LogP contribution in [-0.2, 0) is 14.9 Å². The Morgan fingerprint density at radius 1 is 0.966 bits per heavy atom. The molecule has 2 aromatic rings. The maximum Gasteiger partial charge on any atom is 0.338 e. The van der Waals surface area contributed by atoms with Crippen molar-refractivity contribution in [1.82, 2.24) is 4.90 Å². The van der Waals surface area contributed by atoms with Crippen LogP contribution in [-0.4, -0.2) is 42.2 Å². The average Bonchev–Trinajstić information content (AvgIpc) is 2.89. The maximum absolute atomic E-state index is 12.1. The second kappa shape index (κ2) is 7.50. The van der Waals surface area contributed by atoms with Crippen LogP contribution in [0.25, 0.3) is 0 Å². The second-order valence-electron chi connectivity index (χ2n) is 7.88. The molecule has 1 heterocycles. The van der Waals surface area contributed by atoms with Crippen LogP contribution in [0.5, 0.6) is 0 Å². The predicted molar refractivity (Wildman–Crippen MR) is 107 cm³/mol. The zero-order chi connectivity index (χ0) is 21.3. The molecule has 3 rings (SSSR count). The molecule has 0 bridgehead atoms. The fraction of sp³-hybridized carbons (Fsp3) is 0.273. The van der Waals surface area contributed by atoms with E-state index in [0.29, 0.717) is 16.8 Å². The molecule has 1 aliphatic rings. The van der Waals surface area contributed by atoms with Gasteiger partial charge in [-0.2, -0.15) is 0 Å². The molecule has 0 aliphatic carbocycles. The van der Waals surface area contributed by atoms with Crippen LogP contribution in [0.1, 0.15) is 57.4 Å². The topological polar surface area (TPSA) is 92.8 Å². The summed E-state index contributed by atoms with van der Waals surface area (Å²) in [5.41, 5.74) is 2.28. The summed E-state index contributed by atoms with van der Waals surface area (Å²) in [6.45, 7) is 5.76. The van der Waals surface area contributed by atoms with Gasteiger partial charge in [0.05, 0.1) is 16.7 Å². The van der Waals surface area contributed by atoms with Crippen molar-refractivity contribution in [2.45, 2.75) is 26.2 Å². The Bertz CT molecular complexity index is 1000. The van der Waals surface area contributed by atoms with Gasteiger partial charge in [-0.1, -0.05) is 32.9 Å². The number of ether oxygens (including phenoxy) is 1. The van der Waals surface area contributed by atoms with Crippen LogP contribution in [0.2, 0.25) is 0 Å². The van der Waals surface area contributed by atoms with Gasteiger partial charge in [0.15, 0.2) is 6.61 Å². The molecule has 0 radical (unpaired) electrons. The highest BCUT2D eigenvalue weighted by Gasteiger charge is 2.32. The molecule has 0 saturated heterocycles. The van der Waals surface area contributed by atoms with E-state index in [1.54, 1.807) is 12.1 Å². The second-order valence-corrected chi connectivity index (χ2v) is 7.88. The molecule has 0 aromatic heterocycles. The van der Waals surface area contributed by atoms with E-state index in [9.17, 15) is 19.2 Å². The van der Waals surface area contributed by atoms with Crippen LogP contribution >= 0.6 is 0 Å². The van der Waals surface area contributed by atoms with Crippen LogP contribution in [0.4, 0.5) is 5.69 Å². The molecular formula is C22H22N2O5. The van der Waals surface area contributed by atoms with E-state index in [2.05, 4.69) is 26.1 Å². The molecule has 0 spiro atoms. The third-order valence-electron chi connectivity index (χ3n) is 4.69. The zero-order valence-corrected chi connectivity index (χ0v) is 16.7. The monoisotopic (exact) mass is 394 g/mol. The first kappa shape index (κ1) is 20.3. The SMILES string of the molecule is CN1C(=O)c2ccc(NC(=O)COC(=O)c3ccc(C(C)(C)C)cc3)cc2C1=O. The molecule has 7 nitrogen and oxygen atoms in total. The van der Waals surface area contributed by atoms with Gasteiger partial charge in [0.25, 0.3) is 17.7 Å². The Morgan fingerprint density at radius 2 is 1.59 bits per heavy atom. The number of nitrogens with one attached hydrogen (secondary N) is 1. The number of carbonyl (C=O) groups is 4. The Morgan fingerprint density at radius 3 is 2.21 bits per heavy atom. The Hall–Kier alpha value is -3.48. The summed E-state index contributed by atoms with van der Waals surface area (Å²) in [7, 11) is 1.40. The Kier molecular flexibility index (Phi) is 5.24. The third-order valence-corrected chi connectivity index (χ3v) is 4.69. The summed E-state index contributed by atoms with van der Waals surface area (Å²) < 4.78 is 5.06. The van der Waals surface area contributed by atoms with E-state index < -0.39 is 24.4 Å². The van der Waals surface area contributed by atoms with Gasteiger partial charge in [-0.05, 0) is 41.3 Å². The number of hydrogen-bond acceptors (Lipinski definition) is 5. The number of esters is 1. The minimum atomic E-state index is -0.600. The Balaban J connectivity index is 1.59. The molecule has 0 atom stereocenters. The first-order chi connectivity index (χ1) is 13.6. The molecule has 29 heavy (non-hydrogen) atoms. The molecule has 1 N–H and O–H groups in total. The number of hydrogen-bond donors (Lipinski definition) is 1. The Labute approximate surface area is 168 Å². The number of nitrogens with zero attached hydrogens (tertiary/aromatic N) is 1. The summed E-state index contributed by atoms with van der Waals surface area (Å²) in [6, 6.07) is 11.5. The smallest absolute Gasteiger partial charge is 0.338 e. The van der Waals surface area contributed by atoms with Crippen LogP contribution in [0.3, 0.4) is 0 Å². The number of benzene rings is 2. The van der Waals surface area contributed by atoms with E-state index in [-0.39, 0.29) is 16.9 Å². The number of rotatable bonds is 4. The number of anilines is 1. The van der Waals surface area contributed by atoms with Gasteiger partial charge >= 0.3 is 5.97 Å². The fourth-order valence-corrected chi connectivity index (χ4v) is 2.96. The van der Waals surface area contributed by atoms with E-state index in [0.717, 1.165) is 10.5 Å². The van der Waals surface area contributed by atoms with E-state index in [1.807, 2.05) is 12.1 Å². The first-order valence-electron chi connectivity index (χ1n) is 9.12. The zero-order valence-electron chi connectivity index (χ0n) is 16.7. The molecule has 2 aromatic carbocycles. The number of carbonyl (C=O) groups excluding carboxylic acids is 4. The largest absolute Gasteiger partial charge is 0.452 e. The molecule has 0 saturated carbocycles. The molecular weight excluding hydrogens is 372 g/mol. The highest BCUT2D eigenvalue weighted by Crippen LogP contribution is 2.25. The van der Waals surface area contributed by atoms with Crippen molar-refractivity contribution in [2.24, 2.45) is 0 Å². The summed E-state index contributed by atoms with van der Waals surface area (Å²) in [4.78, 5) is 49.2. The van der Waals surface area contributed by atoms with Gasteiger partial charge in [0.1, 0.15) is 0 Å². The van der Waals surface area contributed by atoms with Gasteiger partial charge in [0.2, 0.25) is 0 Å². The lowest BCUT2D eigenvalue weighted by atomic mass is 9.87. The number of fused-ring (bicyclic) bond motifs is 1. The lowest BCUT2D eigenvalue weighted by Crippen LogP contribution is -2.24. The van der Waals surface area contributed by atoms with Gasteiger partial charge in [-0.3, -0.25) is 19.3 Å².